The number of aliphatic hydroxyl groups is 1. The van der Waals surface area contributed by atoms with E-state index in [-0.39, 0.29) is 0 Å². The normalized spacial score (nSPS) is 16.7. The predicted molar refractivity (Wildman–Crippen MR) is 145 cm³/mol. The number of halogens is 1. The molecule has 2 N–H and O–H groups in total. The number of ether oxygens (including phenoxy) is 1. The summed E-state index contributed by atoms with van der Waals surface area (Å²) in [5.74, 6) is 0.838. The summed E-state index contributed by atoms with van der Waals surface area (Å²) in [5.41, 5.74) is 1.70. The van der Waals surface area contributed by atoms with Gasteiger partial charge in [0.2, 0.25) is 0 Å². The second kappa shape index (κ2) is 11.8. The van der Waals surface area contributed by atoms with Crippen LogP contribution in [0, 0.1) is 12.3 Å². The van der Waals surface area contributed by atoms with Crippen LogP contribution in [0.15, 0.2) is 53.6 Å². The second-order valence-corrected chi connectivity index (χ2v) is 11.1. The van der Waals surface area contributed by atoms with Crippen molar-refractivity contribution < 1.29 is 19.7 Å². The van der Waals surface area contributed by atoms with Crippen molar-refractivity contribution in [1.29, 1.82) is 0 Å². The molecule has 1 atom stereocenters. The summed E-state index contributed by atoms with van der Waals surface area (Å²) in [6.07, 6.45) is 2.49. The Balaban J connectivity index is 1.37. The Hall–Kier alpha value is -2.32. The molecule has 1 unspecified atom stereocenters. The molecule has 1 fully saturated rings. The van der Waals surface area contributed by atoms with E-state index in [0.29, 0.717) is 47.5 Å². The van der Waals surface area contributed by atoms with Gasteiger partial charge in [0, 0.05) is 34.3 Å². The molecule has 0 bridgehead atoms. The molecule has 1 aromatic heterocycles. The molecule has 4 rings (SSSR count). The van der Waals surface area contributed by atoms with Crippen LogP contribution in [0.2, 0.25) is 5.02 Å². The number of aromatic nitrogens is 1. The van der Waals surface area contributed by atoms with E-state index >= 15 is 0 Å². The fraction of sp³-hybridized carbons (Fsp3) is 0.429. The molecule has 1 aliphatic heterocycles. The molecular formula is C28H33ClN2O4S. The molecule has 2 aromatic carbocycles. The number of fused-ring (bicyclic) bond motifs is 1. The summed E-state index contributed by atoms with van der Waals surface area (Å²) < 4.78 is 5.33. The van der Waals surface area contributed by atoms with Crippen molar-refractivity contribution in [2.24, 2.45) is 5.41 Å². The molecule has 0 aliphatic carbocycles. The number of pyridine rings is 1. The van der Waals surface area contributed by atoms with Crippen LogP contribution >= 0.6 is 23.4 Å². The van der Waals surface area contributed by atoms with E-state index in [4.69, 9.17) is 16.3 Å². The average Bonchev–Trinajstić information content (AvgIpc) is 2.87. The Morgan fingerprint density at radius 3 is 2.72 bits per heavy atom. The molecule has 0 spiro atoms. The van der Waals surface area contributed by atoms with Gasteiger partial charge in [-0.1, -0.05) is 29.3 Å². The lowest BCUT2D eigenvalue weighted by atomic mass is 9.74. The molecule has 6 nitrogen and oxygen atoms in total. The third-order valence-electron chi connectivity index (χ3n) is 7.23. The smallest absolute Gasteiger partial charge is 0.309 e. The van der Waals surface area contributed by atoms with Gasteiger partial charge in [-0.3, -0.25) is 9.78 Å². The van der Waals surface area contributed by atoms with Crippen LogP contribution in [0.4, 0.5) is 0 Å². The predicted octanol–water partition coefficient (Wildman–Crippen LogP) is 5.98. The zero-order valence-electron chi connectivity index (χ0n) is 20.7. The van der Waals surface area contributed by atoms with Gasteiger partial charge in [-0.05, 0) is 76.0 Å². The zero-order valence-corrected chi connectivity index (χ0v) is 22.3. The third kappa shape index (κ3) is 6.14. The second-order valence-electron chi connectivity index (χ2n) is 9.55. The van der Waals surface area contributed by atoms with Crippen molar-refractivity contribution in [2.75, 3.05) is 32.5 Å². The van der Waals surface area contributed by atoms with Crippen molar-refractivity contribution in [3.05, 3.63) is 64.8 Å². The van der Waals surface area contributed by atoms with Crippen molar-refractivity contribution in [2.45, 2.75) is 43.6 Å². The molecule has 1 aliphatic rings. The number of carboxylic acids is 1. The van der Waals surface area contributed by atoms with Gasteiger partial charge in [0.05, 0.1) is 29.2 Å². The first-order valence-corrected chi connectivity index (χ1v) is 13.6. The van der Waals surface area contributed by atoms with E-state index in [9.17, 15) is 15.0 Å². The van der Waals surface area contributed by atoms with Gasteiger partial charge in [-0.15, -0.1) is 11.8 Å². The fourth-order valence-electron chi connectivity index (χ4n) is 4.96. The first kappa shape index (κ1) is 26.7. The van der Waals surface area contributed by atoms with E-state index in [0.717, 1.165) is 30.8 Å². The number of hydrogen-bond donors (Lipinski definition) is 2. The van der Waals surface area contributed by atoms with Gasteiger partial charge in [-0.25, -0.2) is 0 Å². The number of rotatable bonds is 10. The molecule has 8 heteroatoms. The highest BCUT2D eigenvalue weighted by Gasteiger charge is 2.41. The summed E-state index contributed by atoms with van der Waals surface area (Å²) in [6, 6.07) is 13.9. The lowest BCUT2D eigenvalue weighted by molar-refractivity contribution is -0.153. The number of methoxy groups -OCH3 is 1. The molecule has 36 heavy (non-hydrogen) atoms. The van der Waals surface area contributed by atoms with E-state index < -0.39 is 17.5 Å². The standard InChI is InChI=1S/C28H33ClN2O4S/c1-19-4-3-5-21(16-19)36-15-14-31-12-10-28(11-13-31,27(33)34)9-8-25(32)26-22-17-20(35-2)6-7-24(22)30-18-23(26)29/h3-7,16-18,25,32H,8-15H2,1-2H3,(H,33,34). The monoisotopic (exact) mass is 528 g/mol. The molecule has 192 valence electrons. The number of piperidine rings is 1. The molecule has 1 saturated heterocycles. The summed E-state index contributed by atoms with van der Waals surface area (Å²) in [7, 11) is 1.58. The van der Waals surface area contributed by atoms with E-state index in [1.807, 2.05) is 30.0 Å². The number of hydrogen-bond acceptors (Lipinski definition) is 6. The topological polar surface area (TPSA) is 82.9 Å². The van der Waals surface area contributed by atoms with Crippen LogP contribution in [0.3, 0.4) is 0 Å². The third-order valence-corrected chi connectivity index (χ3v) is 8.51. The summed E-state index contributed by atoms with van der Waals surface area (Å²) in [4.78, 5) is 20.3. The number of carboxylic acid groups (broad SMARTS) is 1. The summed E-state index contributed by atoms with van der Waals surface area (Å²) in [5, 5.41) is 22.4. The highest BCUT2D eigenvalue weighted by Crippen LogP contribution is 2.41. The minimum Gasteiger partial charge on any atom is -0.497 e. The number of aliphatic hydroxyl groups excluding tert-OH is 1. The Bertz CT molecular complexity index is 1210. The van der Waals surface area contributed by atoms with E-state index in [1.54, 1.807) is 7.11 Å². The highest BCUT2D eigenvalue weighted by molar-refractivity contribution is 7.99. The van der Waals surface area contributed by atoms with Gasteiger partial charge >= 0.3 is 5.97 Å². The maximum atomic E-state index is 12.4. The van der Waals surface area contributed by atoms with Crippen molar-refractivity contribution in [3.8, 4) is 5.75 Å². The Kier molecular flexibility index (Phi) is 8.78. The van der Waals surface area contributed by atoms with Gasteiger partial charge in [0.25, 0.3) is 0 Å². The molecule has 0 saturated carbocycles. The number of benzene rings is 2. The van der Waals surface area contributed by atoms with Gasteiger partial charge < -0.3 is 19.8 Å². The average molecular weight is 529 g/mol. The number of nitrogens with zero attached hydrogens (tertiary/aromatic N) is 2. The van der Waals surface area contributed by atoms with Crippen LogP contribution in [0.5, 0.6) is 5.75 Å². The first-order chi connectivity index (χ1) is 17.3. The van der Waals surface area contributed by atoms with Gasteiger partial charge in [0.1, 0.15) is 5.75 Å². The maximum absolute atomic E-state index is 12.4. The minimum absolute atomic E-state index is 0.311. The van der Waals surface area contributed by atoms with Gasteiger partial charge in [0.15, 0.2) is 0 Å². The molecule has 0 amide bonds. The lowest BCUT2D eigenvalue weighted by Gasteiger charge is -2.39. The number of aliphatic carboxylic acids is 1. The fourth-order valence-corrected chi connectivity index (χ4v) is 6.27. The first-order valence-electron chi connectivity index (χ1n) is 12.3. The van der Waals surface area contributed by atoms with Crippen LogP contribution in [0.1, 0.15) is 42.9 Å². The highest BCUT2D eigenvalue weighted by atomic mass is 35.5. The van der Waals surface area contributed by atoms with Crippen molar-refractivity contribution >= 4 is 40.2 Å². The Morgan fingerprint density at radius 2 is 2.03 bits per heavy atom. The van der Waals surface area contributed by atoms with Crippen molar-refractivity contribution in [1.82, 2.24) is 9.88 Å². The molecular weight excluding hydrogens is 496 g/mol. The van der Waals surface area contributed by atoms with Crippen LogP contribution < -0.4 is 4.74 Å². The van der Waals surface area contributed by atoms with E-state index in [2.05, 4.69) is 41.1 Å². The number of aryl methyl sites for hydroxylation is 1. The zero-order chi connectivity index (χ0) is 25.7. The lowest BCUT2D eigenvalue weighted by Crippen LogP contribution is -2.45. The number of thioether (sulfide) groups is 1. The van der Waals surface area contributed by atoms with E-state index in [1.165, 1.54) is 16.7 Å². The SMILES string of the molecule is COc1ccc2ncc(Cl)c(C(O)CCC3(C(=O)O)CCN(CCSc4cccc(C)c4)CC3)c2c1. The van der Waals surface area contributed by atoms with Crippen LogP contribution in [-0.2, 0) is 4.79 Å². The quantitative estimate of drug-likeness (QED) is 0.313. The Morgan fingerprint density at radius 1 is 1.25 bits per heavy atom. The Labute approximate surface area is 221 Å². The number of carbonyl (C=O) groups is 1. The van der Waals surface area contributed by atoms with Crippen molar-refractivity contribution in [3.63, 3.8) is 0 Å². The molecule has 3 aromatic rings. The minimum atomic E-state index is -0.893. The largest absolute Gasteiger partial charge is 0.497 e. The molecule has 0 radical (unpaired) electrons. The molecule has 2 heterocycles. The summed E-state index contributed by atoms with van der Waals surface area (Å²) >= 11 is 8.28. The summed E-state index contributed by atoms with van der Waals surface area (Å²) in [6.45, 7) is 4.51. The van der Waals surface area contributed by atoms with Crippen LogP contribution in [-0.4, -0.2) is 58.6 Å². The number of likely N-dealkylation sites (tertiary alicyclic amines) is 1. The maximum Gasteiger partial charge on any atom is 0.309 e. The van der Waals surface area contributed by atoms with Crippen LogP contribution in [0.25, 0.3) is 10.9 Å². The van der Waals surface area contributed by atoms with Gasteiger partial charge in [-0.2, -0.15) is 0 Å².